The first-order valence-corrected chi connectivity index (χ1v) is 7.60. The van der Waals surface area contributed by atoms with E-state index in [1.165, 1.54) is 13.3 Å². The Morgan fingerprint density at radius 1 is 1.29 bits per heavy atom. The third-order valence-corrected chi connectivity index (χ3v) is 3.88. The quantitative estimate of drug-likeness (QED) is 0.578. The van der Waals surface area contributed by atoms with Gasteiger partial charge in [0.15, 0.2) is 0 Å². The molecule has 0 aliphatic heterocycles. The minimum atomic E-state index is -2.13. The standard InChI is InChI=1S/C14H14Cl3NO3/c1-21-13(20)18-8-7-10(9-5-3-2-4-6-9)11(18)12(19)14(15,16)17/h5,7-8H,2-4,6H2,1H3. The monoisotopic (exact) mass is 349 g/mol. The molecule has 0 atom stereocenters. The molecule has 0 N–H and O–H groups in total. The van der Waals surface area contributed by atoms with Crippen LogP contribution in [-0.2, 0) is 4.74 Å². The van der Waals surface area contributed by atoms with Crippen LogP contribution in [0.2, 0.25) is 0 Å². The highest BCUT2D eigenvalue weighted by Crippen LogP contribution is 2.36. The Bertz CT molecular complexity index is 599. The van der Waals surface area contributed by atoms with Gasteiger partial charge in [-0.05, 0) is 37.3 Å². The first-order chi connectivity index (χ1) is 9.86. The molecule has 0 spiro atoms. The highest BCUT2D eigenvalue weighted by atomic mass is 35.6. The van der Waals surface area contributed by atoms with E-state index in [9.17, 15) is 9.59 Å². The average Bonchev–Trinajstić information content (AvgIpc) is 2.90. The van der Waals surface area contributed by atoms with Crippen molar-refractivity contribution in [3.8, 4) is 0 Å². The van der Waals surface area contributed by atoms with Crippen LogP contribution >= 0.6 is 34.8 Å². The predicted molar refractivity (Wildman–Crippen MR) is 83.3 cm³/mol. The number of methoxy groups -OCH3 is 1. The number of hydrogen-bond acceptors (Lipinski definition) is 3. The van der Waals surface area contributed by atoms with Gasteiger partial charge in [-0.25, -0.2) is 9.36 Å². The number of ketones is 1. The largest absolute Gasteiger partial charge is 0.452 e. The smallest absolute Gasteiger partial charge is 0.418 e. The SMILES string of the molecule is COC(=O)n1ccc(C2=CCCCC2)c1C(=O)C(Cl)(Cl)Cl. The van der Waals surface area contributed by atoms with Gasteiger partial charge in [-0.1, -0.05) is 40.9 Å². The molecular weight excluding hydrogens is 337 g/mol. The first-order valence-electron chi connectivity index (χ1n) is 6.47. The molecule has 1 heterocycles. The van der Waals surface area contributed by atoms with Crippen LogP contribution in [0, 0.1) is 0 Å². The Morgan fingerprint density at radius 2 is 2.00 bits per heavy atom. The molecular formula is C14H14Cl3NO3. The molecule has 7 heteroatoms. The van der Waals surface area contributed by atoms with Crippen LogP contribution in [0.25, 0.3) is 5.57 Å². The van der Waals surface area contributed by atoms with E-state index in [1.54, 1.807) is 6.07 Å². The summed E-state index contributed by atoms with van der Waals surface area (Å²) in [4.78, 5) is 24.2. The minimum absolute atomic E-state index is 0.0509. The van der Waals surface area contributed by atoms with Crippen molar-refractivity contribution in [2.75, 3.05) is 7.11 Å². The lowest BCUT2D eigenvalue weighted by molar-refractivity contribution is 0.0984. The van der Waals surface area contributed by atoms with Gasteiger partial charge in [-0.2, -0.15) is 0 Å². The lowest BCUT2D eigenvalue weighted by atomic mass is 9.93. The number of carbonyl (C=O) groups excluding carboxylic acids is 2. The van der Waals surface area contributed by atoms with Gasteiger partial charge in [0.2, 0.25) is 5.78 Å². The van der Waals surface area contributed by atoms with Crippen LogP contribution in [0.1, 0.15) is 41.7 Å². The Balaban J connectivity index is 2.56. The molecule has 0 unspecified atom stereocenters. The normalized spacial score (nSPS) is 15.5. The van der Waals surface area contributed by atoms with E-state index >= 15 is 0 Å². The van der Waals surface area contributed by atoms with Crippen molar-refractivity contribution in [2.45, 2.75) is 29.5 Å². The summed E-state index contributed by atoms with van der Waals surface area (Å²) < 4.78 is 3.61. The summed E-state index contributed by atoms with van der Waals surface area (Å²) in [6.45, 7) is 0. The second kappa shape index (κ2) is 6.42. The van der Waals surface area contributed by atoms with Crippen LogP contribution in [0.5, 0.6) is 0 Å². The maximum atomic E-state index is 12.4. The van der Waals surface area contributed by atoms with E-state index in [4.69, 9.17) is 34.8 Å². The van der Waals surface area contributed by atoms with Crippen LogP contribution in [0.3, 0.4) is 0 Å². The maximum absolute atomic E-state index is 12.4. The lowest BCUT2D eigenvalue weighted by Gasteiger charge is -2.17. The van der Waals surface area contributed by atoms with Gasteiger partial charge in [0.25, 0.3) is 3.79 Å². The molecule has 1 aromatic rings. The molecule has 0 amide bonds. The number of alkyl halides is 3. The molecule has 0 aromatic carbocycles. The zero-order valence-corrected chi connectivity index (χ0v) is 13.6. The molecule has 1 aliphatic rings. The van der Waals surface area contributed by atoms with Crippen molar-refractivity contribution in [1.82, 2.24) is 4.57 Å². The Labute approximate surface area is 137 Å². The summed E-state index contributed by atoms with van der Waals surface area (Å²) in [5.74, 6) is -0.746. The van der Waals surface area contributed by atoms with Crippen molar-refractivity contribution < 1.29 is 14.3 Å². The number of aromatic nitrogens is 1. The molecule has 2 rings (SSSR count). The number of halogens is 3. The summed E-state index contributed by atoms with van der Waals surface area (Å²) in [7, 11) is 1.23. The highest BCUT2D eigenvalue weighted by Gasteiger charge is 2.37. The Kier molecular flexibility index (Phi) is 5.02. The third kappa shape index (κ3) is 3.44. The number of hydrogen-bond donors (Lipinski definition) is 0. The summed E-state index contributed by atoms with van der Waals surface area (Å²) in [6.07, 6.45) is 6.70. The van der Waals surface area contributed by atoms with Crippen LogP contribution in [-0.4, -0.2) is 27.3 Å². The molecule has 1 aromatic heterocycles. The molecule has 0 bridgehead atoms. The Morgan fingerprint density at radius 3 is 2.52 bits per heavy atom. The molecule has 114 valence electrons. The Hall–Kier alpha value is -0.970. The maximum Gasteiger partial charge on any atom is 0.418 e. The van der Waals surface area contributed by atoms with Gasteiger partial charge in [0.1, 0.15) is 5.69 Å². The summed E-state index contributed by atoms with van der Waals surface area (Å²) in [5.41, 5.74) is 1.66. The number of allylic oxidation sites excluding steroid dienone is 2. The molecule has 0 radical (unpaired) electrons. The molecule has 0 saturated carbocycles. The van der Waals surface area contributed by atoms with Crippen molar-refractivity contribution in [3.05, 3.63) is 29.6 Å². The number of Topliss-reactive ketones (excluding diaryl/α,β-unsaturated/α-hetero) is 1. The first kappa shape index (κ1) is 16.4. The van der Waals surface area contributed by atoms with Gasteiger partial charge in [-0.3, -0.25) is 4.79 Å². The van der Waals surface area contributed by atoms with E-state index in [0.29, 0.717) is 5.56 Å². The van der Waals surface area contributed by atoms with Gasteiger partial charge in [0, 0.05) is 11.8 Å². The number of carbonyl (C=O) groups is 2. The van der Waals surface area contributed by atoms with E-state index < -0.39 is 15.7 Å². The van der Waals surface area contributed by atoms with Gasteiger partial charge >= 0.3 is 6.09 Å². The zero-order valence-electron chi connectivity index (χ0n) is 11.4. The third-order valence-electron chi connectivity index (χ3n) is 3.37. The summed E-state index contributed by atoms with van der Waals surface area (Å²) >= 11 is 17.1. The number of nitrogens with zero attached hydrogens (tertiary/aromatic N) is 1. The molecule has 4 nitrogen and oxygen atoms in total. The fourth-order valence-corrected chi connectivity index (χ4v) is 2.66. The fourth-order valence-electron chi connectivity index (χ4n) is 2.39. The zero-order chi connectivity index (χ0) is 15.6. The average molecular weight is 351 g/mol. The van der Waals surface area contributed by atoms with E-state index in [-0.39, 0.29) is 5.69 Å². The topological polar surface area (TPSA) is 48.3 Å². The second-order valence-corrected chi connectivity index (χ2v) is 7.00. The van der Waals surface area contributed by atoms with Crippen LogP contribution in [0.15, 0.2) is 18.3 Å². The number of ether oxygens (including phenoxy) is 1. The van der Waals surface area contributed by atoms with Crippen LogP contribution in [0.4, 0.5) is 4.79 Å². The van der Waals surface area contributed by atoms with E-state index in [0.717, 1.165) is 35.8 Å². The van der Waals surface area contributed by atoms with Gasteiger partial charge < -0.3 is 4.74 Å². The highest BCUT2D eigenvalue weighted by molar-refractivity contribution is 6.77. The van der Waals surface area contributed by atoms with Crippen molar-refractivity contribution >= 4 is 52.3 Å². The molecule has 21 heavy (non-hydrogen) atoms. The molecule has 0 fully saturated rings. The predicted octanol–water partition coefficient (Wildman–Crippen LogP) is 4.61. The van der Waals surface area contributed by atoms with Crippen molar-refractivity contribution in [2.24, 2.45) is 0 Å². The second-order valence-electron chi connectivity index (χ2n) is 4.72. The van der Waals surface area contributed by atoms with E-state index in [1.807, 2.05) is 0 Å². The molecule has 0 saturated heterocycles. The number of rotatable bonds is 2. The lowest BCUT2D eigenvalue weighted by Crippen LogP contribution is -2.26. The van der Waals surface area contributed by atoms with Gasteiger partial charge in [0.05, 0.1) is 7.11 Å². The molecule has 1 aliphatic carbocycles. The van der Waals surface area contributed by atoms with Crippen LogP contribution < -0.4 is 0 Å². The summed E-state index contributed by atoms with van der Waals surface area (Å²) in [5, 5.41) is 0. The van der Waals surface area contributed by atoms with Crippen molar-refractivity contribution in [1.29, 1.82) is 0 Å². The van der Waals surface area contributed by atoms with Gasteiger partial charge in [-0.15, -0.1) is 0 Å². The fraction of sp³-hybridized carbons (Fsp3) is 0.429. The van der Waals surface area contributed by atoms with E-state index in [2.05, 4.69) is 10.8 Å². The van der Waals surface area contributed by atoms with Crippen molar-refractivity contribution in [3.63, 3.8) is 0 Å². The summed E-state index contributed by atoms with van der Waals surface area (Å²) in [6, 6.07) is 1.68. The minimum Gasteiger partial charge on any atom is -0.452 e.